The number of benzodiazepines with no additional fused rings is 1. The zero-order valence-corrected chi connectivity index (χ0v) is 11.8. The number of carbonyl (C=O) groups is 2. The zero-order valence-electron chi connectivity index (χ0n) is 11.8. The molecule has 0 spiro atoms. The number of carbonyl (C=O) groups excluding carboxylic acids is 2. The number of nitrogens with two attached hydrogens (primary N) is 1. The van der Waals surface area contributed by atoms with Gasteiger partial charge in [-0.05, 0) is 6.07 Å². The highest BCUT2D eigenvalue weighted by atomic mass is 16.2. The normalized spacial score (nSPS) is 17.5. The van der Waals surface area contributed by atoms with Crippen LogP contribution in [0.25, 0.3) is 0 Å². The topological polar surface area (TPSA) is 75.8 Å². The van der Waals surface area contributed by atoms with E-state index in [4.69, 9.17) is 5.73 Å². The van der Waals surface area contributed by atoms with Crippen LogP contribution in [0.3, 0.4) is 0 Å². The molecule has 110 valence electrons. The fourth-order valence-corrected chi connectivity index (χ4v) is 2.54. The molecule has 1 aliphatic heterocycles. The van der Waals surface area contributed by atoms with Crippen LogP contribution in [0.1, 0.15) is 11.1 Å². The maximum Gasteiger partial charge on any atom is 0.266 e. The van der Waals surface area contributed by atoms with Crippen molar-refractivity contribution in [1.82, 2.24) is 0 Å². The molecule has 2 N–H and O–H groups in total. The van der Waals surface area contributed by atoms with Crippen molar-refractivity contribution >= 4 is 23.6 Å². The van der Waals surface area contributed by atoms with E-state index in [2.05, 4.69) is 4.99 Å². The second-order valence-corrected chi connectivity index (χ2v) is 4.92. The number of nitrogens with zero attached hydrogens (tertiary/aromatic N) is 2. The van der Waals surface area contributed by atoms with Crippen LogP contribution in [0.2, 0.25) is 0 Å². The lowest BCUT2D eigenvalue weighted by Gasteiger charge is -2.21. The highest BCUT2D eigenvalue weighted by Crippen LogP contribution is 2.27. The van der Waals surface area contributed by atoms with Crippen LogP contribution in [0.5, 0.6) is 0 Å². The molecule has 1 atom stereocenters. The first-order chi connectivity index (χ1) is 10.7. The number of hydrogen-bond acceptors (Lipinski definition) is 4. The van der Waals surface area contributed by atoms with Crippen LogP contribution in [-0.4, -0.2) is 30.6 Å². The number of rotatable bonds is 3. The van der Waals surface area contributed by atoms with E-state index in [1.807, 2.05) is 48.5 Å². The SMILES string of the molecule is NC1N=C(c2ccccc2)c2ccccc2N(CC=O)C1=O. The average Bonchev–Trinajstić information content (AvgIpc) is 2.67. The number of amides is 1. The summed E-state index contributed by atoms with van der Waals surface area (Å²) in [5.41, 5.74) is 8.89. The Hall–Kier alpha value is -2.79. The molecule has 1 amide bonds. The summed E-state index contributed by atoms with van der Waals surface area (Å²) >= 11 is 0. The Kier molecular flexibility index (Phi) is 3.80. The molecule has 0 bridgehead atoms. The van der Waals surface area contributed by atoms with Crippen molar-refractivity contribution in [2.24, 2.45) is 10.7 Å². The van der Waals surface area contributed by atoms with Crippen molar-refractivity contribution in [2.75, 3.05) is 11.4 Å². The molecule has 2 aromatic carbocycles. The summed E-state index contributed by atoms with van der Waals surface area (Å²) in [7, 11) is 0. The smallest absolute Gasteiger partial charge is 0.266 e. The lowest BCUT2D eigenvalue weighted by molar-refractivity contribution is -0.120. The van der Waals surface area contributed by atoms with E-state index in [1.54, 1.807) is 6.07 Å². The molecule has 0 aromatic heterocycles. The van der Waals surface area contributed by atoms with E-state index in [9.17, 15) is 9.59 Å². The Morgan fingerprint density at radius 2 is 1.77 bits per heavy atom. The second kappa shape index (κ2) is 5.91. The standard InChI is InChI=1S/C17H15N3O2/c18-16-17(22)20(10-11-21)14-9-5-4-8-13(14)15(19-16)12-6-2-1-3-7-12/h1-9,11,16H,10,18H2. The highest BCUT2D eigenvalue weighted by molar-refractivity contribution is 6.20. The van der Waals surface area contributed by atoms with E-state index < -0.39 is 6.17 Å². The Morgan fingerprint density at radius 3 is 2.50 bits per heavy atom. The van der Waals surface area contributed by atoms with Crippen molar-refractivity contribution in [3.05, 3.63) is 65.7 Å². The first-order valence-corrected chi connectivity index (χ1v) is 6.95. The minimum Gasteiger partial charge on any atom is -0.302 e. The molecule has 0 radical (unpaired) electrons. The molecule has 5 heteroatoms. The van der Waals surface area contributed by atoms with Crippen LogP contribution in [0, 0.1) is 0 Å². The van der Waals surface area contributed by atoms with Crippen molar-refractivity contribution in [1.29, 1.82) is 0 Å². The molecule has 0 saturated carbocycles. The molecule has 0 aliphatic carbocycles. The number of anilines is 1. The monoisotopic (exact) mass is 293 g/mol. The van der Waals surface area contributed by atoms with E-state index in [-0.39, 0.29) is 12.5 Å². The van der Waals surface area contributed by atoms with Crippen molar-refractivity contribution in [3.63, 3.8) is 0 Å². The molecule has 0 fully saturated rings. The first kappa shape index (κ1) is 14.2. The van der Waals surface area contributed by atoms with Gasteiger partial charge in [0, 0.05) is 11.1 Å². The predicted octanol–water partition coefficient (Wildman–Crippen LogP) is 1.35. The van der Waals surface area contributed by atoms with Gasteiger partial charge in [-0.25, -0.2) is 0 Å². The fraction of sp³-hybridized carbons (Fsp3) is 0.118. The Balaban J connectivity index is 2.22. The summed E-state index contributed by atoms with van der Waals surface area (Å²) in [5.74, 6) is -0.384. The number of fused-ring (bicyclic) bond motifs is 1. The minimum atomic E-state index is -1.03. The van der Waals surface area contributed by atoms with Gasteiger partial charge in [-0.1, -0.05) is 48.5 Å². The van der Waals surface area contributed by atoms with Gasteiger partial charge in [0.25, 0.3) is 5.91 Å². The van der Waals surface area contributed by atoms with Gasteiger partial charge in [0.15, 0.2) is 6.17 Å². The highest BCUT2D eigenvalue weighted by Gasteiger charge is 2.29. The molecule has 1 aliphatic rings. The summed E-state index contributed by atoms with van der Waals surface area (Å²) in [6.07, 6.45) is -0.336. The maximum atomic E-state index is 12.4. The van der Waals surface area contributed by atoms with Gasteiger partial charge in [-0.15, -0.1) is 0 Å². The lowest BCUT2D eigenvalue weighted by Crippen LogP contribution is -2.43. The summed E-state index contributed by atoms with van der Waals surface area (Å²) in [6.45, 7) is -0.0405. The molecular formula is C17H15N3O2. The number of aliphatic imine (C=N–C) groups is 1. The lowest BCUT2D eigenvalue weighted by atomic mass is 10.0. The summed E-state index contributed by atoms with van der Waals surface area (Å²) < 4.78 is 0. The van der Waals surface area contributed by atoms with E-state index in [0.717, 1.165) is 11.1 Å². The Bertz CT molecular complexity index is 741. The predicted molar refractivity (Wildman–Crippen MR) is 84.9 cm³/mol. The fourth-order valence-electron chi connectivity index (χ4n) is 2.54. The largest absolute Gasteiger partial charge is 0.302 e. The third kappa shape index (κ3) is 2.42. The molecule has 3 rings (SSSR count). The summed E-state index contributed by atoms with van der Waals surface area (Å²) in [4.78, 5) is 29.1. The molecule has 1 heterocycles. The van der Waals surface area contributed by atoms with Gasteiger partial charge in [0.1, 0.15) is 6.29 Å². The number of hydrogen-bond donors (Lipinski definition) is 1. The number of para-hydroxylation sites is 1. The van der Waals surface area contributed by atoms with E-state index in [1.165, 1.54) is 4.90 Å². The van der Waals surface area contributed by atoms with E-state index >= 15 is 0 Å². The van der Waals surface area contributed by atoms with Crippen molar-refractivity contribution in [3.8, 4) is 0 Å². The zero-order chi connectivity index (χ0) is 15.5. The van der Waals surface area contributed by atoms with Crippen LogP contribution < -0.4 is 10.6 Å². The van der Waals surface area contributed by atoms with Gasteiger partial charge in [0.2, 0.25) is 0 Å². The summed E-state index contributed by atoms with van der Waals surface area (Å²) in [6, 6.07) is 16.9. The Morgan fingerprint density at radius 1 is 1.09 bits per heavy atom. The third-order valence-corrected chi connectivity index (χ3v) is 3.54. The molecule has 5 nitrogen and oxygen atoms in total. The molecule has 1 unspecified atom stereocenters. The van der Waals surface area contributed by atoms with Crippen LogP contribution in [-0.2, 0) is 9.59 Å². The second-order valence-electron chi connectivity index (χ2n) is 4.92. The average molecular weight is 293 g/mol. The van der Waals surface area contributed by atoms with Gasteiger partial charge >= 0.3 is 0 Å². The molecule has 22 heavy (non-hydrogen) atoms. The first-order valence-electron chi connectivity index (χ1n) is 6.95. The molecule has 2 aromatic rings. The van der Waals surface area contributed by atoms with Gasteiger partial charge < -0.3 is 15.4 Å². The molecular weight excluding hydrogens is 278 g/mol. The van der Waals surface area contributed by atoms with Crippen LogP contribution in [0.15, 0.2) is 59.6 Å². The third-order valence-electron chi connectivity index (χ3n) is 3.54. The van der Waals surface area contributed by atoms with Gasteiger partial charge in [-0.2, -0.15) is 0 Å². The number of benzene rings is 2. The van der Waals surface area contributed by atoms with Gasteiger partial charge in [0.05, 0.1) is 17.9 Å². The maximum absolute atomic E-state index is 12.4. The van der Waals surface area contributed by atoms with Gasteiger partial charge in [-0.3, -0.25) is 9.79 Å². The quantitative estimate of drug-likeness (QED) is 0.868. The Labute approximate surface area is 128 Å². The summed E-state index contributed by atoms with van der Waals surface area (Å²) in [5, 5.41) is 0. The van der Waals surface area contributed by atoms with E-state index in [0.29, 0.717) is 17.7 Å². The van der Waals surface area contributed by atoms with Crippen LogP contribution >= 0.6 is 0 Å². The molecule has 0 saturated heterocycles. The minimum absolute atomic E-state index is 0.0405. The van der Waals surface area contributed by atoms with Crippen LogP contribution in [0.4, 0.5) is 5.69 Å². The van der Waals surface area contributed by atoms with Crippen molar-refractivity contribution in [2.45, 2.75) is 6.17 Å². The van der Waals surface area contributed by atoms with Crippen molar-refractivity contribution < 1.29 is 9.59 Å². The number of aldehydes is 1.